The van der Waals surface area contributed by atoms with E-state index in [-0.39, 0.29) is 18.0 Å². The summed E-state index contributed by atoms with van der Waals surface area (Å²) in [6.07, 6.45) is 12.7. The molecule has 0 bridgehead atoms. The van der Waals surface area contributed by atoms with Gasteiger partial charge in [0.25, 0.3) is 5.56 Å². The molecule has 15 nitrogen and oxygen atoms in total. The van der Waals surface area contributed by atoms with E-state index >= 15 is 0 Å². The molecule has 0 amide bonds. The molecule has 1 fully saturated rings. The van der Waals surface area contributed by atoms with E-state index < -0.39 is 0 Å². The second-order valence-electron chi connectivity index (χ2n) is 15.5. The maximum Gasteiger partial charge on any atom is 0.267 e. The molecule has 4 heterocycles. The van der Waals surface area contributed by atoms with Crippen molar-refractivity contribution in [2.45, 2.75) is 19.4 Å². The lowest BCUT2D eigenvalue weighted by Gasteiger charge is -2.28. The molecule has 0 atom stereocenters. The molecule has 0 spiro atoms. The number of benzene rings is 4. The standard InChI is InChI=1S/C29H28N6O2.C22H23N3O4.ClH/c1-34-12-10-21(11-13-34)20-37-26-17-31-29(32-18-26)25-7-3-5-23(15-25)19-35-28(36)9-8-27(33-35)24-6-2-4-22(14-24)16-30;1-4-16-6-5-7-17(12-16)25-22-18-13-20(28-10-8-26-2)21(29-11-9-27-3)14-19(18)23-15-24-22;/h2-9,14-15,17-18,21H,10-13,19-20H2,1H3;1,5-7,12-15H,8-11H2,2-3H3,(H,23,24,25);1H. The predicted octanol–water partition coefficient (Wildman–Crippen LogP) is 7.83. The van der Waals surface area contributed by atoms with Gasteiger partial charge >= 0.3 is 0 Å². The zero-order valence-electron chi connectivity index (χ0n) is 37.6. The highest BCUT2D eigenvalue weighted by Crippen LogP contribution is 2.35. The first-order chi connectivity index (χ1) is 32.3. The van der Waals surface area contributed by atoms with Gasteiger partial charge in [-0.1, -0.05) is 42.3 Å². The van der Waals surface area contributed by atoms with E-state index in [1.807, 2.05) is 66.7 Å². The molecule has 0 aliphatic carbocycles. The Morgan fingerprint density at radius 2 is 1.48 bits per heavy atom. The van der Waals surface area contributed by atoms with Gasteiger partial charge < -0.3 is 33.9 Å². The fourth-order valence-corrected chi connectivity index (χ4v) is 7.11. The number of nitriles is 1. The van der Waals surface area contributed by atoms with E-state index in [2.05, 4.69) is 54.3 Å². The normalized spacial score (nSPS) is 12.4. The van der Waals surface area contributed by atoms with Crippen LogP contribution in [0.3, 0.4) is 0 Å². The van der Waals surface area contributed by atoms with Crippen LogP contribution >= 0.6 is 12.4 Å². The zero-order valence-corrected chi connectivity index (χ0v) is 38.4. The van der Waals surface area contributed by atoms with Gasteiger partial charge in [0.1, 0.15) is 25.4 Å². The summed E-state index contributed by atoms with van der Waals surface area (Å²) in [5.41, 5.74) is 5.86. The third-order valence-corrected chi connectivity index (χ3v) is 10.7. The Kier molecular flexibility index (Phi) is 18.1. The summed E-state index contributed by atoms with van der Waals surface area (Å²) in [6.45, 7) is 4.94. The Morgan fingerprint density at radius 1 is 0.776 bits per heavy atom. The number of piperidine rings is 1. The summed E-state index contributed by atoms with van der Waals surface area (Å²) >= 11 is 0. The Balaban J connectivity index is 0.000000224. The molecule has 7 aromatic rings. The van der Waals surface area contributed by atoms with Crippen molar-refractivity contribution in [1.29, 1.82) is 5.26 Å². The number of rotatable bonds is 17. The van der Waals surface area contributed by atoms with Gasteiger partial charge in [0.15, 0.2) is 23.1 Å². The number of nitrogens with zero attached hydrogens (tertiary/aromatic N) is 8. The molecular formula is C51H52ClN9O6. The van der Waals surface area contributed by atoms with Crippen LogP contribution in [-0.2, 0) is 16.0 Å². The maximum atomic E-state index is 12.5. The third-order valence-electron chi connectivity index (χ3n) is 10.7. The van der Waals surface area contributed by atoms with Gasteiger partial charge in [0.05, 0.1) is 61.6 Å². The highest BCUT2D eigenvalue weighted by Gasteiger charge is 2.18. The number of ether oxygens (including phenoxy) is 5. The van der Waals surface area contributed by atoms with Crippen LogP contribution in [0.4, 0.5) is 11.5 Å². The van der Waals surface area contributed by atoms with Crippen molar-refractivity contribution < 1.29 is 23.7 Å². The molecule has 1 aliphatic heterocycles. The maximum absolute atomic E-state index is 12.5. The Morgan fingerprint density at radius 3 is 2.21 bits per heavy atom. The van der Waals surface area contributed by atoms with Crippen molar-refractivity contribution in [1.82, 2.24) is 34.6 Å². The van der Waals surface area contributed by atoms with E-state index in [0.29, 0.717) is 85.6 Å². The number of nitrogens with one attached hydrogen (secondary N) is 1. The van der Waals surface area contributed by atoms with Gasteiger partial charge in [-0.2, -0.15) is 10.4 Å². The van der Waals surface area contributed by atoms with Gasteiger partial charge in [0.2, 0.25) is 0 Å². The zero-order chi connectivity index (χ0) is 46.1. The fourth-order valence-electron chi connectivity index (χ4n) is 7.11. The van der Waals surface area contributed by atoms with E-state index in [4.69, 9.17) is 30.1 Å². The van der Waals surface area contributed by atoms with Gasteiger partial charge in [-0.15, -0.1) is 18.8 Å². The highest BCUT2D eigenvalue weighted by atomic mass is 35.5. The number of terminal acetylenes is 1. The molecule has 3 aromatic heterocycles. The molecule has 0 radical (unpaired) electrons. The summed E-state index contributed by atoms with van der Waals surface area (Å²) < 4.78 is 29.2. The lowest BCUT2D eigenvalue weighted by atomic mass is 9.98. The van der Waals surface area contributed by atoms with E-state index in [0.717, 1.165) is 64.8 Å². The van der Waals surface area contributed by atoms with Crippen LogP contribution in [0.1, 0.15) is 29.5 Å². The molecule has 16 heteroatoms. The van der Waals surface area contributed by atoms with E-state index in [1.54, 1.807) is 50.9 Å². The monoisotopic (exact) mass is 921 g/mol. The molecule has 0 saturated carbocycles. The quantitative estimate of drug-likeness (QED) is 0.0692. The average molecular weight is 922 g/mol. The number of hydrogen-bond acceptors (Lipinski definition) is 14. The van der Waals surface area contributed by atoms with Crippen molar-refractivity contribution in [3.8, 4) is 58.3 Å². The molecular weight excluding hydrogens is 870 g/mol. The summed E-state index contributed by atoms with van der Waals surface area (Å²) in [5.74, 6) is 6.28. The molecule has 67 heavy (non-hydrogen) atoms. The number of hydrogen-bond donors (Lipinski definition) is 1. The molecule has 8 rings (SSSR count). The molecule has 0 unspecified atom stereocenters. The number of fused-ring (bicyclic) bond motifs is 1. The van der Waals surface area contributed by atoms with E-state index in [1.165, 1.54) is 17.1 Å². The third kappa shape index (κ3) is 13.8. The second kappa shape index (κ2) is 24.8. The van der Waals surface area contributed by atoms with Gasteiger partial charge in [0, 0.05) is 54.1 Å². The van der Waals surface area contributed by atoms with Crippen molar-refractivity contribution in [2.24, 2.45) is 5.92 Å². The van der Waals surface area contributed by atoms with E-state index in [9.17, 15) is 10.1 Å². The first kappa shape index (κ1) is 49.0. The predicted molar refractivity (Wildman–Crippen MR) is 260 cm³/mol. The first-order valence-electron chi connectivity index (χ1n) is 21.5. The van der Waals surface area contributed by atoms with Gasteiger partial charge in [-0.25, -0.2) is 24.6 Å². The van der Waals surface area contributed by atoms with Crippen LogP contribution in [0.5, 0.6) is 17.2 Å². The van der Waals surface area contributed by atoms with Crippen LogP contribution in [0.15, 0.2) is 121 Å². The number of anilines is 2. The minimum Gasteiger partial charge on any atom is -0.490 e. The van der Waals surface area contributed by atoms with Gasteiger partial charge in [-0.3, -0.25) is 4.79 Å². The summed E-state index contributed by atoms with van der Waals surface area (Å²) in [7, 11) is 5.40. The van der Waals surface area contributed by atoms with Crippen LogP contribution in [0.2, 0.25) is 0 Å². The molecule has 1 saturated heterocycles. The number of likely N-dealkylation sites (tertiary alicyclic amines) is 1. The first-order valence-corrected chi connectivity index (χ1v) is 21.5. The Labute approximate surface area is 396 Å². The molecule has 344 valence electrons. The second-order valence-corrected chi connectivity index (χ2v) is 15.5. The van der Waals surface area contributed by atoms with Gasteiger partial charge in [-0.05, 0) is 93.0 Å². The number of aromatic nitrogens is 6. The van der Waals surface area contributed by atoms with Crippen molar-refractivity contribution in [2.75, 3.05) is 72.7 Å². The van der Waals surface area contributed by atoms with Crippen molar-refractivity contribution >= 4 is 34.8 Å². The molecule has 4 aromatic carbocycles. The largest absolute Gasteiger partial charge is 0.490 e. The van der Waals surface area contributed by atoms with Crippen molar-refractivity contribution in [3.05, 3.63) is 143 Å². The van der Waals surface area contributed by atoms with Crippen LogP contribution in [0, 0.1) is 29.6 Å². The summed E-state index contributed by atoms with van der Waals surface area (Å²) in [5, 5.41) is 17.8. The molecule has 1 N–H and O–H groups in total. The average Bonchev–Trinajstić information content (AvgIpc) is 3.35. The lowest BCUT2D eigenvalue weighted by Crippen LogP contribution is -2.32. The van der Waals surface area contributed by atoms with Crippen LogP contribution < -0.4 is 25.1 Å². The minimum absolute atomic E-state index is 0. The van der Waals surface area contributed by atoms with Crippen LogP contribution in [-0.4, -0.2) is 102 Å². The van der Waals surface area contributed by atoms with Crippen molar-refractivity contribution in [3.63, 3.8) is 0 Å². The highest BCUT2D eigenvalue weighted by molar-refractivity contribution is 5.93. The van der Waals surface area contributed by atoms with Crippen LogP contribution in [0.25, 0.3) is 33.5 Å². The minimum atomic E-state index is -0.201. The SMILES string of the molecule is C#Cc1cccc(Nc2ncnc3cc(OCCOC)c(OCCOC)cc23)c1.CN1CCC(COc2cnc(-c3cccc(Cn4nc(-c5cccc(C#N)c5)ccc4=O)c3)nc2)CC1.Cl. The molecule has 1 aliphatic rings. The topological polar surface area (TPSA) is 172 Å². The smallest absolute Gasteiger partial charge is 0.267 e. The Bertz CT molecular complexity index is 2860. The number of halogens is 1. The fraction of sp³-hybridized carbons (Fsp3) is 0.275. The lowest BCUT2D eigenvalue weighted by molar-refractivity contribution is 0.132. The Hall–Kier alpha value is -7.40. The number of methoxy groups -OCH3 is 2. The summed E-state index contributed by atoms with van der Waals surface area (Å²) in [4.78, 5) is 32.6. The summed E-state index contributed by atoms with van der Waals surface area (Å²) in [6, 6.07) is 31.5.